The summed E-state index contributed by atoms with van der Waals surface area (Å²) in [4.78, 5) is 11.9. The molecule has 0 saturated heterocycles. The number of thioether (sulfide) groups is 1. The Morgan fingerprint density at radius 2 is 2.10 bits per heavy atom. The minimum absolute atomic E-state index is 0.194. The van der Waals surface area contributed by atoms with Gasteiger partial charge in [0, 0.05) is 4.90 Å². The first-order valence-corrected chi connectivity index (χ1v) is 7.84. The first-order valence-electron chi connectivity index (χ1n) is 6.85. The molecule has 0 aliphatic carbocycles. The van der Waals surface area contributed by atoms with E-state index < -0.39 is 11.5 Å². The zero-order chi connectivity index (χ0) is 15.0. The predicted molar refractivity (Wildman–Crippen MR) is 80.7 cm³/mol. The Kier molecular flexibility index (Phi) is 7.02. The lowest BCUT2D eigenvalue weighted by molar-refractivity contribution is -0.144. The molecule has 0 amide bonds. The van der Waals surface area contributed by atoms with Crippen molar-refractivity contribution in [2.45, 2.75) is 43.5 Å². The van der Waals surface area contributed by atoms with Crippen molar-refractivity contribution in [3.8, 4) is 0 Å². The number of nitrogens with one attached hydrogen (secondary N) is 1. The number of hydrogen-bond donors (Lipinski definition) is 2. The molecule has 0 bridgehead atoms. The topological polar surface area (TPSA) is 49.3 Å². The third-order valence-corrected chi connectivity index (χ3v) is 4.34. The van der Waals surface area contributed by atoms with E-state index in [0.717, 1.165) is 18.6 Å². The summed E-state index contributed by atoms with van der Waals surface area (Å²) >= 11 is 1.48. The Balaban J connectivity index is 2.31. The van der Waals surface area contributed by atoms with Gasteiger partial charge < -0.3 is 10.4 Å². The Morgan fingerprint density at radius 3 is 2.70 bits per heavy atom. The van der Waals surface area contributed by atoms with Crippen LogP contribution in [-0.4, -0.2) is 28.9 Å². The third-order valence-electron chi connectivity index (χ3n) is 3.20. The van der Waals surface area contributed by atoms with Crippen molar-refractivity contribution >= 4 is 17.7 Å². The quantitative estimate of drug-likeness (QED) is 0.541. The molecular weight excluding hydrogens is 277 g/mol. The van der Waals surface area contributed by atoms with Crippen LogP contribution in [0.25, 0.3) is 0 Å². The molecule has 1 atom stereocenters. The zero-order valence-electron chi connectivity index (χ0n) is 12.0. The van der Waals surface area contributed by atoms with Gasteiger partial charge in [0.25, 0.3) is 0 Å². The second-order valence-corrected chi connectivity index (χ2v) is 6.04. The highest BCUT2D eigenvalue weighted by atomic mass is 32.2. The van der Waals surface area contributed by atoms with E-state index in [-0.39, 0.29) is 5.82 Å². The molecule has 5 heteroatoms. The highest BCUT2D eigenvalue weighted by Crippen LogP contribution is 2.23. The van der Waals surface area contributed by atoms with Gasteiger partial charge in [-0.05, 0) is 44.2 Å². The Bertz CT molecular complexity index is 442. The van der Waals surface area contributed by atoms with Crippen LogP contribution < -0.4 is 5.32 Å². The van der Waals surface area contributed by atoms with E-state index in [2.05, 4.69) is 5.32 Å². The van der Waals surface area contributed by atoms with E-state index >= 15 is 0 Å². The number of aliphatic carboxylic acids is 1. The molecule has 0 fully saturated rings. The molecule has 0 aromatic heterocycles. The Hall–Kier alpha value is -1.07. The molecule has 0 spiro atoms. The molecule has 2 N–H and O–H groups in total. The summed E-state index contributed by atoms with van der Waals surface area (Å²) in [6.07, 6.45) is 2.25. The van der Waals surface area contributed by atoms with Crippen LogP contribution in [0.3, 0.4) is 0 Å². The largest absolute Gasteiger partial charge is 0.480 e. The number of unbranched alkanes of at least 4 members (excludes halogenated alkanes) is 1. The summed E-state index contributed by atoms with van der Waals surface area (Å²) in [5.41, 5.74) is -0.864. The highest BCUT2D eigenvalue weighted by molar-refractivity contribution is 7.99. The van der Waals surface area contributed by atoms with Gasteiger partial charge in [-0.1, -0.05) is 25.5 Å². The standard InChI is InChI=1S/C15H22FNO2S/c1-3-17-15(2,14(18)19)10-6-7-11-20-13-9-5-4-8-12(13)16/h4-5,8-9,17H,3,6-7,10-11H2,1-2H3,(H,18,19). The van der Waals surface area contributed by atoms with Gasteiger partial charge in [-0.3, -0.25) is 4.79 Å². The number of halogens is 1. The van der Waals surface area contributed by atoms with E-state index in [1.165, 1.54) is 17.8 Å². The summed E-state index contributed by atoms with van der Waals surface area (Å²) in [7, 11) is 0. The molecule has 1 rings (SSSR count). The maximum Gasteiger partial charge on any atom is 0.323 e. The first-order chi connectivity index (χ1) is 9.49. The number of carbonyl (C=O) groups is 1. The SMILES string of the molecule is CCNC(C)(CCCCSc1ccccc1F)C(=O)O. The second kappa shape index (κ2) is 8.27. The fourth-order valence-electron chi connectivity index (χ4n) is 1.99. The molecule has 0 aliphatic rings. The summed E-state index contributed by atoms with van der Waals surface area (Å²) in [5.74, 6) is -0.218. The second-order valence-electron chi connectivity index (χ2n) is 4.90. The molecule has 1 aromatic rings. The van der Waals surface area contributed by atoms with Crippen molar-refractivity contribution in [1.29, 1.82) is 0 Å². The van der Waals surface area contributed by atoms with Gasteiger partial charge in [0.05, 0.1) is 0 Å². The fourth-order valence-corrected chi connectivity index (χ4v) is 2.93. The fraction of sp³-hybridized carbons (Fsp3) is 0.533. The maximum absolute atomic E-state index is 13.4. The van der Waals surface area contributed by atoms with Gasteiger partial charge in [0.1, 0.15) is 11.4 Å². The van der Waals surface area contributed by atoms with Crippen molar-refractivity contribution in [3.05, 3.63) is 30.1 Å². The van der Waals surface area contributed by atoms with Crippen LogP contribution in [0.2, 0.25) is 0 Å². The van der Waals surface area contributed by atoms with E-state index in [4.69, 9.17) is 0 Å². The van der Waals surface area contributed by atoms with Crippen molar-refractivity contribution in [1.82, 2.24) is 5.32 Å². The van der Waals surface area contributed by atoms with Crippen LogP contribution in [-0.2, 0) is 4.79 Å². The summed E-state index contributed by atoms with van der Waals surface area (Å²) in [6, 6.07) is 6.71. The number of hydrogen-bond acceptors (Lipinski definition) is 3. The van der Waals surface area contributed by atoms with Crippen LogP contribution >= 0.6 is 11.8 Å². The minimum Gasteiger partial charge on any atom is -0.480 e. The van der Waals surface area contributed by atoms with Crippen LogP contribution in [0, 0.1) is 5.82 Å². The van der Waals surface area contributed by atoms with Gasteiger partial charge in [-0.2, -0.15) is 0 Å². The summed E-state index contributed by atoms with van der Waals surface area (Å²) in [5, 5.41) is 12.2. The van der Waals surface area contributed by atoms with Crippen molar-refractivity contribution in [3.63, 3.8) is 0 Å². The average Bonchev–Trinajstić information content (AvgIpc) is 2.40. The highest BCUT2D eigenvalue weighted by Gasteiger charge is 2.30. The van der Waals surface area contributed by atoms with Crippen molar-refractivity contribution in [2.75, 3.05) is 12.3 Å². The Labute approximate surface area is 124 Å². The first kappa shape index (κ1) is 17.0. The normalized spacial score (nSPS) is 13.9. The molecule has 0 aliphatic heterocycles. The molecular formula is C15H22FNO2S. The van der Waals surface area contributed by atoms with Crippen LogP contribution in [0.15, 0.2) is 29.2 Å². The summed E-state index contributed by atoms with van der Waals surface area (Å²) < 4.78 is 13.4. The Morgan fingerprint density at radius 1 is 1.40 bits per heavy atom. The lowest BCUT2D eigenvalue weighted by Gasteiger charge is -2.25. The molecule has 3 nitrogen and oxygen atoms in total. The predicted octanol–water partition coefficient (Wildman–Crippen LogP) is 3.54. The maximum atomic E-state index is 13.4. The molecule has 1 aromatic carbocycles. The van der Waals surface area contributed by atoms with Crippen LogP contribution in [0.4, 0.5) is 4.39 Å². The van der Waals surface area contributed by atoms with Gasteiger partial charge in [0.2, 0.25) is 0 Å². The number of likely N-dealkylation sites (N-methyl/N-ethyl adjacent to an activating group) is 1. The summed E-state index contributed by atoms with van der Waals surface area (Å²) in [6.45, 7) is 4.24. The monoisotopic (exact) mass is 299 g/mol. The van der Waals surface area contributed by atoms with Crippen LogP contribution in [0.1, 0.15) is 33.1 Å². The van der Waals surface area contributed by atoms with E-state index in [1.807, 2.05) is 13.0 Å². The number of carboxylic acids is 1. The van der Waals surface area contributed by atoms with Crippen molar-refractivity contribution < 1.29 is 14.3 Å². The van der Waals surface area contributed by atoms with E-state index in [9.17, 15) is 14.3 Å². The van der Waals surface area contributed by atoms with Gasteiger partial charge in [-0.15, -0.1) is 11.8 Å². The minimum atomic E-state index is -0.864. The smallest absolute Gasteiger partial charge is 0.323 e. The van der Waals surface area contributed by atoms with Gasteiger partial charge in [0.15, 0.2) is 0 Å². The van der Waals surface area contributed by atoms with Crippen molar-refractivity contribution in [2.24, 2.45) is 0 Å². The number of rotatable bonds is 9. The lowest BCUT2D eigenvalue weighted by Crippen LogP contribution is -2.49. The average molecular weight is 299 g/mol. The van der Waals surface area contributed by atoms with Crippen LogP contribution in [0.5, 0.6) is 0 Å². The number of benzene rings is 1. The zero-order valence-corrected chi connectivity index (χ0v) is 12.8. The molecule has 0 heterocycles. The van der Waals surface area contributed by atoms with Gasteiger partial charge in [-0.25, -0.2) is 4.39 Å². The van der Waals surface area contributed by atoms with E-state index in [1.54, 1.807) is 19.1 Å². The molecule has 112 valence electrons. The molecule has 0 radical (unpaired) electrons. The number of carboxylic acid groups (broad SMARTS) is 1. The molecule has 1 unspecified atom stereocenters. The van der Waals surface area contributed by atoms with E-state index in [0.29, 0.717) is 17.9 Å². The molecule has 0 saturated carbocycles. The van der Waals surface area contributed by atoms with Gasteiger partial charge >= 0.3 is 5.97 Å². The molecule has 20 heavy (non-hydrogen) atoms. The lowest BCUT2D eigenvalue weighted by atomic mass is 9.95. The third kappa shape index (κ3) is 5.13.